The highest BCUT2D eigenvalue weighted by Crippen LogP contribution is 2.25. The Morgan fingerprint density at radius 1 is 1.48 bits per heavy atom. The zero-order valence-corrected chi connectivity index (χ0v) is 15.5. The van der Waals surface area contributed by atoms with Crippen molar-refractivity contribution in [1.29, 1.82) is 0 Å². The number of hydrogen-bond acceptors (Lipinski definition) is 5. The second-order valence-corrected chi connectivity index (χ2v) is 6.47. The van der Waals surface area contributed by atoms with Crippen molar-refractivity contribution in [2.24, 2.45) is 4.99 Å². The molecule has 2 N–H and O–H groups in total. The lowest BCUT2D eigenvalue weighted by atomic mass is 10.3. The van der Waals surface area contributed by atoms with Crippen molar-refractivity contribution in [2.75, 3.05) is 25.0 Å². The number of guanidine groups is 1. The molecule has 3 rings (SSSR count). The van der Waals surface area contributed by atoms with Gasteiger partial charge in [-0.15, -0.1) is 0 Å². The molecule has 1 aliphatic heterocycles. The van der Waals surface area contributed by atoms with E-state index in [1.165, 1.54) is 0 Å². The van der Waals surface area contributed by atoms with E-state index in [4.69, 9.17) is 16.0 Å². The van der Waals surface area contributed by atoms with E-state index in [0.29, 0.717) is 17.5 Å². The van der Waals surface area contributed by atoms with Gasteiger partial charge in [0.25, 0.3) is 0 Å². The average Bonchev–Trinajstić information content (AvgIpc) is 3.19. The second-order valence-electron chi connectivity index (χ2n) is 6.06. The summed E-state index contributed by atoms with van der Waals surface area (Å²) in [5.74, 6) is 3.07. The van der Waals surface area contributed by atoms with Crippen LogP contribution in [-0.2, 0) is 6.54 Å². The van der Waals surface area contributed by atoms with Gasteiger partial charge in [-0.25, -0.2) is 9.97 Å². The zero-order valence-electron chi connectivity index (χ0n) is 14.7. The number of aryl methyl sites for hydroxylation is 2. The van der Waals surface area contributed by atoms with Gasteiger partial charge in [0.05, 0.1) is 17.3 Å². The third-order valence-corrected chi connectivity index (χ3v) is 4.57. The molecule has 2 aromatic rings. The van der Waals surface area contributed by atoms with Crippen LogP contribution in [-0.4, -0.2) is 42.1 Å². The highest BCUT2D eigenvalue weighted by atomic mass is 35.5. The van der Waals surface area contributed by atoms with Crippen LogP contribution in [0.3, 0.4) is 0 Å². The molecule has 1 saturated heterocycles. The fraction of sp³-hybridized carbons (Fsp3) is 0.471. The van der Waals surface area contributed by atoms with E-state index in [1.807, 2.05) is 26.0 Å². The van der Waals surface area contributed by atoms with E-state index in [-0.39, 0.29) is 6.04 Å². The van der Waals surface area contributed by atoms with Crippen molar-refractivity contribution < 1.29 is 4.42 Å². The van der Waals surface area contributed by atoms with Gasteiger partial charge in [0.1, 0.15) is 11.6 Å². The highest BCUT2D eigenvalue weighted by molar-refractivity contribution is 6.32. The third kappa shape index (κ3) is 4.22. The van der Waals surface area contributed by atoms with Crippen LogP contribution >= 0.6 is 11.6 Å². The molecule has 7 nitrogen and oxygen atoms in total. The van der Waals surface area contributed by atoms with Crippen molar-refractivity contribution in [2.45, 2.75) is 32.9 Å². The predicted octanol–water partition coefficient (Wildman–Crippen LogP) is 2.28. The first kappa shape index (κ1) is 17.5. The molecule has 2 aromatic heterocycles. The predicted molar refractivity (Wildman–Crippen MR) is 99.2 cm³/mol. The molecule has 0 amide bonds. The molecule has 25 heavy (non-hydrogen) atoms. The summed E-state index contributed by atoms with van der Waals surface area (Å²) in [6.45, 7) is 6.08. The average molecular weight is 363 g/mol. The number of aromatic nitrogens is 2. The summed E-state index contributed by atoms with van der Waals surface area (Å²) < 4.78 is 5.58. The minimum Gasteiger partial charge on any atom is -0.444 e. The zero-order chi connectivity index (χ0) is 17.8. The first-order valence-electron chi connectivity index (χ1n) is 8.32. The van der Waals surface area contributed by atoms with Gasteiger partial charge < -0.3 is 20.0 Å². The van der Waals surface area contributed by atoms with Gasteiger partial charge in [-0.2, -0.15) is 0 Å². The van der Waals surface area contributed by atoms with Gasteiger partial charge in [-0.05, 0) is 32.4 Å². The fourth-order valence-corrected chi connectivity index (χ4v) is 3.08. The Bertz CT molecular complexity index is 740. The molecule has 1 fully saturated rings. The number of hydrogen-bond donors (Lipinski definition) is 2. The van der Waals surface area contributed by atoms with E-state index in [1.54, 1.807) is 13.2 Å². The third-order valence-electron chi connectivity index (χ3n) is 4.27. The molecule has 0 radical (unpaired) electrons. The maximum Gasteiger partial charge on any atom is 0.214 e. The molecule has 134 valence electrons. The molecule has 1 atom stereocenters. The van der Waals surface area contributed by atoms with Crippen LogP contribution in [0.15, 0.2) is 27.7 Å². The first-order chi connectivity index (χ1) is 12.1. The molecule has 1 unspecified atom stereocenters. The number of nitrogens with zero attached hydrogens (tertiary/aromatic N) is 4. The number of anilines is 1. The Labute approximate surface area is 152 Å². The van der Waals surface area contributed by atoms with Crippen LogP contribution in [0, 0.1) is 13.8 Å². The number of halogens is 1. The van der Waals surface area contributed by atoms with Gasteiger partial charge in [0, 0.05) is 32.4 Å². The quantitative estimate of drug-likeness (QED) is 0.641. The molecule has 0 aromatic carbocycles. The molecule has 8 heteroatoms. The Kier molecular flexibility index (Phi) is 5.43. The van der Waals surface area contributed by atoms with Crippen LogP contribution in [0.25, 0.3) is 0 Å². The van der Waals surface area contributed by atoms with E-state index < -0.39 is 0 Å². The smallest absolute Gasteiger partial charge is 0.214 e. The van der Waals surface area contributed by atoms with Crippen LogP contribution in [0.2, 0.25) is 5.02 Å². The largest absolute Gasteiger partial charge is 0.444 e. The minimum atomic E-state index is 0.275. The van der Waals surface area contributed by atoms with E-state index in [2.05, 4.69) is 30.5 Å². The van der Waals surface area contributed by atoms with E-state index in [9.17, 15) is 0 Å². The summed E-state index contributed by atoms with van der Waals surface area (Å²) in [6, 6.07) is 3.98. The van der Waals surface area contributed by atoms with Crippen molar-refractivity contribution in [1.82, 2.24) is 20.6 Å². The maximum absolute atomic E-state index is 6.24. The normalized spacial score (nSPS) is 17.8. The first-order valence-corrected chi connectivity index (χ1v) is 8.70. The Morgan fingerprint density at radius 3 is 3.00 bits per heavy atom. The monoisotopic (exact) mass is 362 g/mol. The molecule has 0 spiro atoms. The topological polar surface area (TPSA) is 78.6 Å². The molecular formula is C17H23ClN6O. The van der Waals surface area contributed by atoms with E-state index in [0.717, 1.165) is 42.7 Å². The lowest BCUT2D eigenvalue weighted by Gasteiger charge is -2.20. The number of pyridine rings is 1. The lowest BCUT2D eigenvalue weighted by molar-refractivity contribution is 0.463. The number of aliphatic imine (C=N–C) groups is 1. The summed E-state index contributed by atoms with van der Waals surface area (Å²) in [4.78, 5) is 15.2. The summed E-state index contributed by atoms with van der Waals surface area (Å²) in [5.41, 5.74) is 0.915. The summed E-state index contributed by atoms with van der Waals surface area (Å²) in [7, 11) is 1.75. The molecule has 0 aliphatic carbocycles. The van der Waals surface area contributed by atoms with Crippen LogP contribution < -0.4 is 15.5 Å². The highest BCUT2D eigenvalue weighted by Gasteiger charge is 2.25. The summed E-state index contributed by atoms with van der Waals surface area (Å²) >= 11 is 6.24. The van der Waals surface area contributed by atoms with Gasteiger partial charge in [-0.3, -0.25) is 4.99 Å². The maximum atomic E-state index is 6.24. The Hall–Kier alpha value is -2.28. The number of oxazole rings is 1. The Morgan fingerprint density at radius 2 is 2.32 bits per heavy atom. The van der Waals surface area contributed by atoms with Crippen LogP contribution in [0.1, 0.15) is 23.8 Å². The fourth-order valence-electron chi connectivity index (χ4n) is 2.84. The minimum absolute atomic E-state index is 0.275. The standard InChI is InChI=1S/C17H23ClN6O/c1-11-12(2)25-15(22-11)9-21-17(19-3)23-13-6-8-24(10-13)16-14(18)5-4-7-20-16/h4-5,7,13H,6,8-10H2,1-3H3,(H2,19,21,23). The number of rotatable bonds is 4. The van der Waals surface area contributed by atoms with Crippen molar-refractivity contribution in [3.8, 4) is 0 Å². The van der Waals surface area contributed by atoms with Crippen molar-refractivity contribution >= 4 is 23.4 Å². The Balaban J connectivity index is 1.53. The van der Waals surface area contributed by atoms with Crippen molar-refractivity contribution in [3.05, 3.63) is 40.7 Å². The van der Waals surface area contributed by atoms with Gasteiger partial charge in [0.15, 0.2) is 5.96 Å². The number of nitrogens with one attached hydrogen (secondary N) is 2. The van der Waals surface area contributed by atoms with Crippen LogP contribution in [0.4, 0.5) is 5.82 Å². The molecule has 1 aliphatic rings. The molecule has 0 bridgehead atoms. The van der Waals surface area contributed by atoms with E-state index >= 15 is 0 Å². The van der Waals surface area contributed by atoms with Crippen LogP contribution in [0.5, 0.6) is 0 Å². The summed E-state index contributed by atoms with van der Waals surface area (Å²) in [5, 5.41) is 7.36. The summed E-state index contributed by atoms with van der Waals surface area (Å²) in [6.07, 6.45) is 2.76. The van der Waals surface area contributed by atoms with Gasteiger partial charge >= 0.3 is 0 Å². The molecular weight excluding hydrogens is 340 g/mol. The lowest BCUT2D eigenvalue weighted by Crippen LogP contribution is -2.44. The molecule has 0 saturated carbocycles. The SMILES string of the molecule is CN=C(NCc1nc(C)c(C)o1)NC1CCN(c2ncccc2Cl)C1. The molecule has 3 heterocycles. The second kappa shape index (κ2) is 7.74. The van der Waals surface area contributed by atoms with Gasteiger partial charge in [0.2, 0.25) is 5.89 Å². The van der Waals surface area contributed by atoms with Crippen molar-refractivity contribution in [3.63, 3.8) is 0 Å². The van der Waals surface area contributed by atoms with Gasteiger partial charge in [-0.1, -0.05) is 11.6 Å².